The van der Waals surface area contributed by atoms with Crippen molar-refractivity contribution in [2.24, 2.45) is 0 Å². The van der Waals surface area contributed by atoms with Crippen LogP contribution >= 0.6 is 0 Å². The van der Waals surface area contributed by atoms with Crippen LogP contribution in [0.2, 0.25) is 0 Å². The second kappa shape index (κ2) is 11.5. The van der Waals surface area contributed by atoms with Crippen molar-refractivity contribution in [2.75, 3.05) is 0 Å². The predicted molar refractivity (Wildman–Crippen MR) is 204 cm³/mol. The normalized spacial score (nSPS) is 12.9. The Hall–Kier alpha value is -6.12. The molecule has 0 aliphatic heterocycles. The van der Waals surface area contributed by atoms with Crippen molar-refractivity contribution >= 4 is 10.8 Å². The van der Waals surface area contributed by atoms with Gasteiger partial charge in [0.25, 0.3) is 0 Å². The van der Waals surface area contributed by atoms with Gasteiger partial charge in [-0.3, -0.25) is 0 Å². The lowest BCUT2D eigenvalue weighted by Crippen LogP contribution is -2.16. The summed E-state index contributed by atoms with van der Waals surface area (Å²) in [7, 11) is 0. The summed E-state index contributed by atoms with van der Waals surface area (Å²) in [6.45, 7) is 4.72. The Morgan fingerprint density at radius 2 is 0.878 bits per heavy atom. The Bertz CT molecular complexity index is 2490. The third-order valence-corrected chi connectivity index (χ3v) is 10.1. The summed E-state index contributed by atoms with van der Waals surface area (Å²) in [6, 6.07) is 60.5. The summed E-state index contributed by atoms with van der Waals surface area (Å²) in [5, 5.41) is 2.39. The standard InChI is InChI=1S/C47H34N2/c1-47(2)42-23-12-11-20-38(42)41-22-13-21-40(45(41)47)37-28-29-39(36-19-10-9-18-35(36)37)44-30-43(33-16-7-4-8-17-33)48-46(49-44)34-26-24-32(25-27-34)31-14-5-3-6-15-31/h3-30H,1-2H3. The molecule has 7 aromatic carbocycles. The number of nitrogens with zero attached hydrogens (tertiary/aromatic N) is 2. The van der Waals surface area contributed by atoms with Crippen LogP contribution in [0.25, 0.3) is 78.1 Å². The molecular formula is C47H34N2. The van der Waals surface area contributed by atoms with Crippen LogP contribution < -0.4 is 0 Å². The predicted octanol–water partition coefficient (Wildman–Crippen LogP) is 12.3. The lowest BCUT2D eigenvalue weighted by atomic mass is 9.78. The lowest BCUT2D eigenvalue weighted by molar-refractivity contribution is 0.662. The molecule has 0 unspecified atom stereocenters. The van der Waals surface area contributed by atoms with Gasteiger partial charge < -0.3 is 0 Å². The van der Waals surface area contributed by atoms with Gasteiger partial charge in [-0.1, -0.05) is 178 Å². The van der Waals surface area contributed by atoms with Gasteiger partial charge in [0.05, 0.1) is 11.4 Å². The van der Waals surface area contributed by atoms with Crippen molar-refractivity contribution in [2.45, 2.75) is 19.3 Å². The van der Waals surface area contributed by atoms with E-state index in [1.54, 1.807) is 0 Å². The molecule has 1 heterocycles. The van der Waals surface area contributed by atoms with E-state index in [0.29, 0.717) is 5.82 Å². The average molecular weight is 627 g/mol. The molecule has 1 aliphatic carbocycles. The highest BCUT2D eigenvalue weighted by Crippen LogP contribution is 2.53. The van der Waals surface area contributed by atoms with Crippen molar-refractivity contribution in [3.05, 3.63) is 181 Å². The zero-order valence-electron chi connectivity index (χ0n) is 27.6. The van der Waals surface area contributed by atoms with Gasteiger partial charge >= 0.3 is 0 Å². The van der Waals surface area contributed by atoms with E-state index in [1.165, 1.54) is 55.3 Å². The summed E-state index contributed by atoms with van der Waals surface area (Å²) in [6.07, 6.45) is 0. The molecule has 0 fully saturated rings. The minimum atomic E-state index is -0.107. The van der Waals surface area contributed by atoms with Gasteiger partial charge in [0, 0.05) is 22.1 Å². The molecule has 9 rings (SSSR count). The van der Waals surface area contributed by atoms with Gasteiger partial charge in [-0.05, 0) is 61.3 Å². The molecule has 0 saturated carbocycles. The van der Waals surface area contributed by atoms with Crippen LogP contribution in [-0.4, -0.2) is 9.97 Å². The zero-order valence-corrected chi connectivity index (χ0v) is 27.6. The van der Waals surface area contributed by atoms with E-state index < -0.39 is 0 Å². The van der Waals surface area contributed by atoms with Crippen LogP contribution in [0, 0.1) is 0 Å². The van der Waals surface area contributed by atoms with Crippen LogP contribution in [-0.2, 0) is 5.41 Å². The molecule has 1 aromatic heterocycles. The van der Waals surface area contributed by atoms with E-state index >= 15 is 0 Å². The Morgan fingerprint density at radius 3 is 1.61 bits per heavy atom. The molecular weight excluding hydrogens is 593 g/mol. The van der Waals surface area contributed by atoms with E-state index in [-0.39, 0.29) is 5.41 Å². The van der Waals surface area contributed by atoms with E-state index in [0.717, 1.165) is 28.1 Å². The largest absolute Gasteiger partial charge is 0.228 e. The SMILES string of the molecule is CC1(C)c2ccccc2-c2cccc(-c3ccc(-c4cc(-c5ccccc5)nc(-c5ccc(-c6ccccc6)cc5)n4)c4ccccc34)c21. The molecule has 0 radical (unpaired) electrons. The molecule has 8 aromatic rings. The lowest BCUT2D eigenvalue weighted by Gasteiger charge is -2.25. The Kier molecular flexibility index (Phi) is 6.84. The fraction of sp³-hybridized carbons (Fsp3) is 0.0638. The fourth-order valence-electron chi connectivity index (χ4n) is 7.74. The molecule has 2 nitrogen and oxygen atoms in total. The molecule has 1 aliphatic rings. The van der Waals surface area contributed by atoms with Crippen LogP contribution in [0.1, 0.15) is 25.0 Å². The Labute approximate surface area is 287 Å². The monoisotopic (exact) mass is 626 g/mol. The summed E-state index contributed by atoms with van der Waals surface area (Å²) in [4.78, 5) is 10.4. The van der Waals surface area contributed by atoms with Crippen molar-refractivity contribution in [3.8, 4) is 67.3 Å². The van der Waals surface area contributed by atoms with Crippen LogP contribution in [0.5, 0.6) is 0 Å². The van der Waals surface area contributed by atoms with Gasteiger partial charge in [0.2, 0.25) is 0 Å². The third-order valence-electron chi connectivity index (χ3n) is 10.1. The second-order valence-electron chi connectivity index (χ2n) is 13.4. The molecule has 0 bridgehead atoms. The highest BCUT2D eigenvalue weighted by molar-refractivity contribution is 6.06. The van der Waals surface area contributed by atoms with Gasteiger partial charge in [0.15, 0.2) is 5.82 Å². The minimum Gasteiger partial charge on any atom is -0.228 e. The highest BCUT2D eigenvalue weighted by Gasteiger charge is 2.37. The summed E-state index contributed by atoms with van der Waals surface area (Å²) in [5.74, 6) is 0.713. The topological polar surface area (TPSA) is 25.8 Å². The van der Waals surface area contributed by atoms with E-state index in [9.17, 15) is 0 Å². The van der Waals surface area contributed by atoms with Crippen LogP contribution in [0.4, 0.5) is 0 Å². The van der Waals surface area contributed by atoms with Gasteiger partial charge in [-0.2, -0.15) is 0 Å². The molecule has 0 N–H and O–H groups in total. The molecule has 2 heteroatoms. The number of hydrogen-bond acceptors (Lipinski definition) is 2. The van der Waals surface area contributed by atoms with Crippen molar-refractivity contribution in [1.82, 2.24) is 9.97 Å². The maximum atomic E-state index is 5.25. The Morgan fingerprint density at radius 1 is 0.367 bits per heavy atom. The average Bonchev–Trinajstić information content (AvgIpc) is 3.41. The molecule has 49 heavy (non-hydrogen) atoms. The third kappa shape index (κ3) is 4.88. The molecule has 0 amide bonds. The number of aromatic nitrogens is 2. The molecule has 232 valence electrons. The van der Waals surface area contributed by atoms with Crippen LogP contribution in [0.3, 0.4) is 0 Å². The first-order valence-electron chi connectivity index (χ1n) is 16.9. The molecule has 0 saturated heterocycles. The zero-order chi connectivity index (χ0) is 33.0. The number of hydrogen-bond donors (Lipinski definition) is 0. The first-order valence-corrected chi connectivity index (χ1v) is 16.9. The van der Waals surface area contributed by atoms with Crippen molar-refractivity contribution in [1.29, 1.82) is 0 Å². The quantitative estimate of drug-likeness (QED) is 0.190. The smallest absolute Gasteiger partial charge is 0.160 e. The van der Waals surface area contributed by atoms with E-state index in [2.05, 4.69) is 172 Å². The summed E-state index contributed by atoms with van der Waals surface area (Å²) in [5.41, 5.74) is 15.2. The van der Waals surface area contributed by atoms with Crippen LogP contribution in [0.15, 0.2) is 170 Å². The second-order valence-corrected chi connectivity index (χ2v) is 13.4. The highest BCUT2D eigenvalue weighted by atomic mass is 14.9. The van der Waals surface area contributed by atoms with Gasteiger partial charge in [-0.15, -0.1) is 0 Å². The first kappa shape index (κ1) is 29.1. The molecule has 0 atom stereocenters. The van der Waals surface area contributed by atoms with Gasteiger partial charge in [0.1, 0.15) is 0 Å². The summed E-state index contributed by atoms with van der Waals surface area (Å²) >= 11 is 0. The minimum absolute atomic E-state index is 0.107. The fourth-order valence-corrected chi connectivity index (χ4v) is 7.74. The Balaban J connectivity index is 1.21. The number of benzene rings is 7. The number of rotatable bonds is 5. The first-order chi connectivity index (χ1) is 24.1. The number of fused-ring (bicyclic) bond motifs is 4. The van der Waals surface area contributed by atoms with Crippen molar-refractivity contribution < 1.29 is 0 Å². The van der Waals surface area contributed by atoms with E-state index in [1.807, 2.05) is 12.1 Å². The molecule has 0 spiro atoms. The van der Waals surface area contributed by atoms with E-state index in [4.69, 9.17) is 9.97 Å². The maximum Gasteiger partial charge on any atom is 0.160 e. The summed E-state index contributed by atoms with van der Waals surface area (Å²) < 4.78 is 0. The van der Waals surface area contributed by atoms with Gasteiger partial charge in [-0.25, -0.2) is 9.97 Å². The van der Waals surface area contributed by atoms with Crippen molar-refractivity contribution in [3.63, 3.8) is 0 Å². The maximum absolute atomic E-state index is 5.25.